The van der Waals surface area contributed by atoms with Gasteiger partial charge in [0, 0.05) is 29.8 Å². The minimum atomic E-state index is -5.20. The third kappa shape index (κ3) is 5.97. The summed E-state index contributed by atoms with van der Waals surface area (Å²) in [5.74, 6) is -2.22. The second kappa shape index (κ2) is 11.5. The van der Waals surface area contributed by atoms with Gasteiger partial charge in [-0.15, -0.1) is 0 Å². The van der Waals surface area contributed by atoms with Gasteiger partial charge in [-0.1, -0.05) is 30.3 Å². The molecule has 0 fully saturated rings. The lowest BCUT2D eigenvalue weighted by atomic mass is 10.0. The Labute approximate surface area is 248 Å². The summed E-state index contributed by atoms with van der Waals surface area (Å²) in [6, 6.07) is 9.33. The van der Waals surface area contributed by atoms with Gasteiger partial charge in [-0.05, 0) is 45.8 Å². The Bertz CT molecular complexity index is 1730. The fourth-order valence-electron chi connectivity index (χ4n) is 5.24. The molecule has 1 amide bonds. The number of fused-ring (bicyclic) bond motifs is 2. The van der Waals surface area contributed by atoms with E-state index < -0.39 is 47.6 Å². The quantitative estimate of drug-likeness (QED) is 0.173. The average Bonchev–Trinajstić information content (AvgIpc) is 3.29. The van der Waals surface area contributed by atoms with Gasteiger partial charge >= 0.3 is 12.4 Å². The number of halogens is 6. The maximum absolute atomic E-state index is 13.6. The third-order valence-corrected chi connectivity index (χ3v) is 6.99. The molecule has 0 atom stereocenters. The van der Waals surface area contributed by atoms with Crippen LogP contribution in [0.5, 0.6) is 5.88 Å². The van der Waals surface area contributed by atoms with Crippen LogP contribution in [0.25, 0.3) is 28.4 Å². The molecule has 1 aliphatic rings. The van der Waals surface area contributed by atoms with E-state index in [4.69, 9.17) is 4.74 Å². The molecule has 0 saturated heterocycles. The zero-order valence-corrected chi connectivity index (χ0v) is 24.2. The van der Waals surface area contributed by atoms with E-state index in [-0.39, 0.29) is 25.1 Å². The zero-order chi connectivity index (χ0) is 32.0. The van der Waals surface area contributed by atoms with Gasteiger partial charge in [-0.25, -0.2) is 19.9 Å². The lowest BCUT2D eigenvalue weighted by molar-refractivity contribution is -0.153. The van der Waals surface area contributed by atoms with Crippen molar-refractivity contribution in [2.75, 3.05) is 6.54 Å². The lowest BCUT2D eigenvalue weighted by Crippen LogP contribution is -2.37. The highest BCUT2D eigenvalue weighted by Gasteiger charge is 2.43. The standard InChI is InChI=1S/C30H28F6N6O2/c1-16(2)42-24(18-8-6-5-7-9-18)20(23-26(42)37-15-38-27(23)44-17(3)4)10-11-22(43)41-13-12-19-21(14-41)39-28(30(34,35)36)40-25(19)29(31,32)33/h5-11,15-17H,12-14H2,1-4H3/b11-10+. The van der Waals surface area contributed by atoms with Crippen LogP contribution >= 0.6 is 0 Å². The number of hydrogen-bond donors (Lipinski definition) is 0. The Hall–Kier alpha value is -4.49. The van der Waals surface area contributed by atoms with Crippen molar-refractivity contribution in [1.82, 2.24) is 29.4 Å². The molecule has 0 radical (unpaired) electrons. The Kier molecular flexibility index (Phi) is 8.12. The molecule has 0 bridgehead atoms. The van der Waals surface area contributed by atoms with Crippen LogP contribution in [0.1, 0.15) is 62.1 Å². The van der Waals surface area contributed by atoms with E-state index in [1.54, 1.807) is 6.08 Å². The van der Waals surface area contributed by atoms with Crippen LogP contribution in [0.2, 0.25) is 0 Å². The molecule has 1 aromatic carbocycles. The maximum Gasteiger partial charge on any atom is 0.451 e. The molecule has 8 nitrogen and oxygen atoms in total. The highest BCUT2D eigenvalue weighted by atomic mass is 19.4. The van der Waals surface area contributed by atoms with Gasteiger partial charge in [0.05, 0.1) is 29.4 Å². The van der Waals surface area contributed by atoms with E-state index in [0.29, 0.717) is 22.5 Å². The highest BCUT2D eigenvalue weighted by molar-refractivity contribution is 6.02. The average molecular weight is 619 g/mol. The Balaban J connectivity index is 1.59. The van der Waals surface area contributed by atoms with Crippen molar-refractivity contribution >= 4 is 23.0 Å². The van der Waals surface area contributed by atoms with Crippen molar-refractivity contribution in [3.8, 4) is 17.1 Å². The molecule has 4 aromatic rings. The van der Waals surface area contributed by atoms with E-state index in [2.05, 4.69) is 19.9 Å². The van der Waals surface area contributed by atoms with Crippen molar-refractivity contribution in [2.24, 2.45) is 0 Å². The van der Waals surface area contributed by atoms with Crippen molar-refractivity contribution in [3.63, 3.8) is 0 Å². The van der Waals surface area contributed by atoms with Crippen molar-refractivity contribution in [1.29, 1.82) is 0 Å². The Morgan fingerprint density at radius 1 is 0.977 bits per heavy atom. The molecule has 3 aromatic heterocycles. The highest BCUT2D eigenvalue weighted by Crippen LogP contribution is 2.40. The molecule has 0 unspecified atom stereocenters. The molecule has 0 N–H and O–H groups in total. The number of aromatic nitrogens is 5. The van der Waals surface area contributed by atoms with Crippen LogP contribution in [0, 0.1) is 0 Å². The van der Waals surface area contributed by atoms with E-state index in [1.165, 1.54) is 12.4 Å². The van der Waals surface area contributed by atoms with Crippen LogP contribution in [0.15, 0.2) is 42.7 Å². The first-order valence-electron chi connectivity index (χ1n) is 13.8. The number of carbonyl (C=O) groups excluding carboxylic acids is 1. The second-order valence-electron chi connectivity index (χ2n) is 10.8. The van der Waals surface area contributed by atoms with E-state index in [0.717, 1.165) is 16.2 Å². The fraction of sp³-hybridized carbons (Fsp3) is 0.367. The van der Waals surface area contributed by atoms with Crippen LogP contribution in [-0.4, -0.2) is 48.0 Å². The molecule has 5 rings (SSSR count). The van der Waals surface area contributed by atoms with Crippen molar-refractivity contribution < 1.29 is 35.9 Å². The van der Waals surface area contributed by atoms with Gasteiger partial charge in [0.2, 0.25) is 17.6 Å². The molecule has 44 heavy (non-hydrogen) atoms. The number of carbonyl (C=O) groups is 1. The van der Waals surface area contributed by atoms with Gasteiger partial charge in [0.15, 0.2) is 5.69 Å². The monoisotopic (exact) mass is 618 g/mol. The van der Waals surface area contributed by atoms with Crippen molar-refractivity contribution in [3.05, 3.63) is 71.1 Å². The summed E-state index contributed by atoms with van der Waals surface area (Å²) in [5, 5.41) is 0.555. The van der Waals surface area contributed by atoms with Gasteiger partial charge in [0.25, 0.3) is 0 Å². The first-order chi connectivity index (χ1) is 20.7. The van der Waals surface area contributed by atoms with E-state index in [1.807, 2.05) is 62.6 Å². The number of hydrogen-bond acceptors (Lipinski definition) is 6. The summed E-state index contributed by atoms with van der Waals surface area (Å²) in [4.78, 5) is 29.6. The van der Waals surface area contributed by atoms with Crippen LogP contribution in [-0.2, 0) is 30.1 Å². The molecular formula is C30H28F6N6O2. The smallest absolute Gasteiger partial charge is 0.451 e. The Morgan fingerprint density at radius 2 is 1.68 bits per heavy atom. The molecule has 1 aliphatic heterocycles. The normalized spacial score (nSPS) is 14.2. The molecule has 0 saturated carbocycles. The molecule has 0 aliphatic carbocycles. The van der Waals surface area contributed by atoms with Crippen LogP contribution < -0.4 is 4.74 Å². The summed E-state index contributed by atoms with van der Waals surface area (Å²) in [5.41, 5.74) is 0.124. The summed E-state index contributed by atoms with van der Waals surface area (Å²) in [6.07, 6.45) is -6.71. The number of benzene rings is 1. The van der Waals surface area contributed by atoms with Crippen LogP contribution in [0.4, 0.5) is 26.3 Å². The number of ether oxygens (including phenoxy) is 1. The fourth-order valence-corrected chi connectivity index (χ4v) is 5.24. The van der Waals surface area contributed by atoms with Crippen molar-refractivity contribution in [2.45, 2.75) is 65.2 Å². The number of rotatable bonds is 6. The molecule has 232 valence electrons. The summed E-state index contributed by atoms with van der Waals surface area (Å²) in [7, 11) is 0. The molecule has 0 spiro atoms. The van der Waals surface area contributed by atoms with Gasteiger partial charge in [-0.2, -0.15) is 26.3 Å². The maximum atomic E-state index is 13.6. The lowest BCUT2D eigenvalue weighted by Gasteiger charge is -2.29. The van der Waals surface area contributed by atoms with Gasteiger partial charge in [0.1, 0.15) is 12.0 Å². The van der Waals surface area contributed by atoms with E-state index >= 15 is 0 Å². The van der Waals surface area contributed by atoms with E-state index in [9.17, 15) is 31.1 Å². The minimum Gasteiger partial charge on any atom is -0.474 e. The Morgan fingerprint density at radius 3 is 2.30 bits per heavy atom. The second-order valence-corrected chi connectivity index (χ2v) is 10.8. The summed E-state index contributed by atoms with van der Waals surface area (Å²) in [6.45, 7) is 6.93. The molecule has 4 heterocycles. The third-order valence-electron chi connectivity index (χ3n) is 6.99. The first-order valence-corrected chi connectivity index (χ1v) is 13.8. The number of nitrogens with zero attached hydrogens (tertiary/aromatic N) is 6. The predicted molar refractivity (Wildman–Crippen MR) is 149 cm³/mol. The first kappa shape index (κ1) is 31.0. The molecular weight excluding hydrogens is 590 g/mol. The van der Waals surface area contributed by atoms with Crippen LogP contribution in [0.3, 0.4) is 0 Å². The molecule has 14 heteroatoms. The largest absolute Gasteiger partial charge is 0.474 e. The van der Waals surface area contributed by atoms with Gasteiger partial charge in [-0.3, -0.25) is 4.79 Å². The number of amides is 1. The predicted octanol–water partition coefficient (Wildman–Crippen LogP) is 6.89. The summed E-state index contributed by atoms with van der Waals surface area (Å²) >= 11 is 0. The minimum absolute atomic E-state index is 0.0729. The SMILES string of the molecule is CC(C)Oc1ncnc2c1c(/C=C/C(=O)N1CCc3c(nc(C(F)(F)F)nc3C(F)(F)F)C1)c(-c1ccccc1)n2C(C)C. The summed E-state index contributed by atoms with van der Waals surface area (Å²) < 4.78 is 88.9. The topological polar surface area (TPSA) is 86.0 Å². The zero-order valence-electron chi connectivity index (χ0n) is 24.2. The number of alkyl halides is 6. The van der Waals surface area contributed by atoms with Gasteiger partial charge < -0.3 is 14.2 Å².